The highest BCUT2D eigenvalue weighted by Gasteiger charge is 2.18. The second-order valence-corrected chi connectivity index (χ2v) is 7.75. The van der Waals surface area contributed by atoms with E-state index in [1.165, 1.54) is 39.8 Å². The van der Waals surface area contributed by atoms with Gasteiger partial charge in [-0.05, 0) is 85.3 Å². The number of hydrogen-bond acceptors (Lipinski definition) is 4. The molecule has 0 saturated heterocycles. The zero-order chi connectivity index (χ0) is 20.8. The van der Waals surface area contributed by atoms with E-state index >= 15 is 0 Å². The Morgan fingerprint density at radius 2 is 1.53 bits per heavy atom. The Bertz CT molecular complexity index is 1350. The van der Waals surface area contributed by atoms with Gasteiger partial charge in [0.05, 0.1) is 5.69 Å². The van der Waals surface area contributed by atoms with Gasteiger partial charge in [0.2, 0.25) is 0 Å². The average Bonchev–Trinajstić information content (AvgIpc) is 3.36. The minimum absolute atomic E-state index is 0.737. The molecule has 5 rings (SSSR count). The summed E-state index contributed by atoms with van der Waals surface area (Å²) >= 11 is 0. The van der Waals surface area contributed by atoms with Gasteiger partial charge in [-0.3, -0.25) is 4.57 Å². The van der Waals surface area contributed by atoms with Crippen molar-refractivity contribution in [2.75, 3.05) is 0 Å². The Labute approximate surface area is 175 Å². The molecule has 5 aromatic rings. The van der Waals surface area contributed by atoms with E-state index in [9.17, 15) is 0 Å². The fraction of sp³-hybridized carbons (Fsp3) is 0.160. The van der Waals surface area contributed by atoms with Crippen molar-refractivity contribution in [2.45, 2.75) is 27.7 Å². The van der Waals surface area contributed by atoms with Crippen LogP contribution in [0.4, 0.5) is 0 Å². The minimum Gasteiger partial charge on any atom is -0.443 e. The van der Waals surface area contributed by atoms with Crippen LogP contribution in [0.2, 0.25) is 0 Å². The summed E-state index contributed by atoms with van der Waals surface area (Å²) in [5.41, 5.74) is 10.9. The standard InChI is InChI=1S/C25H22N4O/c1-15-7-5-8-16(2)22(15)19-11-17(3)24(18(4)12-19)29-13-27-28-25(29)20-9-6-10-21-23(20)26-14-30-21/h5-14H,1-4H3. The number of aromatic nitrogens is 4. The maximum Gasteiger partial charge on any atom is 0.182 e. The monoisotopic (exact) mass is 394 g/mol. The number of aryl methyl sites for hydroxylation is 4. The van der Waals surface area contributed by atoms with Crippen molar-refractivity contribution >= 4 is 11.1 Å². The molecule has 0 amide bonds. The molecule has 3 aromatic carbocycles. The summed E-state index contributed by atoms with van der Waals surface area (Å²) < 4.78 is 7.51. The normalized spacial score (nSPS) is 11.3. The Morgan fingerprint density at radius 1 is 0.833 bits per heavy atom. The number of para-hydroxylation sites is 1. The smallest absolute Gasteiger partial charge is 0.182 e. The maximum atomic E-state index is 5.47. The van der Waals surface area contributed by atoms with Crippen LogP contribution < -0.4 is 0 Å². The molecule has 2 aromatic heterocycles. The molecule has 0 bridgehead atoms. The van der Waals surface area contributed by atoms with Crippen molar-refractivity contribution in [1.29, 1.82) is 0 Å². The predicted molar refractivity (Wildman–Crippen MR) is 119 cm³/mol. The van der Waals surface area contributed by atoms with E-state index < -0.39 is 0 Å². The van der Waals surface area contributed by atoms with Crippen LogP contribution in [-0.2, 0) is 0 Å². The molecule has 0 N–H and O–H groups in total. The third kappa shape index (κ3) is 2.82. The maximum absolute atomic E-state index is 5.47. The minimum atomic E-state index is 0.737. The molecule has 0 aliphatic rings. The van der Waals surface area contributed by atoms with Gasteiger partial charge in [0, 0.05) is 5.56 Å². The van der Waals surface area contributed by atoms with Crippen LogP contribution in [0, 0.1) is 27.7 Å². The molecule has 148 valence electrons. The molecule has 0 spiro atoms. The first kappa shape index (κ1) is 18.3. The van der Waals surface area contributed by atoms with E-state index in [4.69, 9.17) is 4.42 Å². The van der Waals surface area contributed by atoms with Gasteiger partial charge in [-0.25, -0.2) is 4.98 Å². The first-order chi connectivity index (χ1) is 14.5. The van der Waals surface area contributed by atoms with Gasteiger partial charge in [0.15, 0.2) is 17.8 Å². The summed E-state index contributed by atoms with van der Waals surface area (Å²) in [6, 6.07) is 16.8. The van der Waals surface area contributed by atoms with Crippen molar-refractivity contribution in [3.8, 4) is 28.2 Å². The highest BCUT2D eigenvalue weighted by molar-refractivity contribution is 5.89. The summed E-state index contributed by atoms with van der Waals surface area (Å²) in [5.74, 6) is 0.750. The van der Waals surface area contributed by atoms with Gasteiger partial charge in [0.25, 0.3) is 0 Å². The topological polar surface area (TPSA) is 56.7 Å². The highest BCUT2D eigenvalue weighted by Crippen LogP contribution is 2.34. The van der Waals surface area contributed by atoms with E-state index in [1.807, 2.05) is 22.8 Å². The zero-order valence-electron chi connectivity index (χ0n) is 17.5. The number of rotatable bonds is 3. The van der Waals surface area contributed by atoms with E-state index in [0.29, 0.717) is 0 Å². The van der Waals surface area contributed by atoms with Crippen molar-refractivity contribution in [3.63, 3.8) is 0 Å². The molecule has 0 atom stereocenters. The fourth-order valence-corrected chi connectivity index (χ4v) is 4.40. The van der Waals surface area contributed by atoms with Crippen LogP contribution in [0.1, 0.15) is 22.3 Å². The molecule has 0 fully saturated rings. The zero-order valence-corrected chi connectivity index (χ0v) is 17.5. The number of benzene rings is 3. The molecule has 5 heteroatoms. The number of oxazole rings is 1. The average molecular weight is 394 g/mol. The molecule has 5 nitrogen and oxygen atoms in total. The van der Waals surface area contributed by atoms with Crippen LogP contribution in [-0.4, -0.2) is 19.7 Å². The Hall–Kier alpha value is -3.73. The first-order valence-corrected chi connectivity index (χ1v) is 9.95. The fourth-order valence-electron chi connectivity index (χ4n) is 4.40. The predicted octanol–water partition coefficient (Wildman–Crippen LogP) is 5.98. The summed E-state index contributed by atoms with van der Waals surface area (Å²) in [5, 5.41) is 8.63. The number of fused-ring (bicyclic) bond motifs is 1. The second-order valence-electron chi connectivity index (χ2n) is 7.75. The Kier molecular flexibility index (Phi) is 4.24. The molecule has 0 aliphatic carbocycles. The number of hydrogen-bond donors (Lipinski definition) is 0. The molecular formula is C25H22N4O. The summed E-state index contributed by atoms with van der Waals surface area (Å²) in [7, 11) is 0. The van der Waals surface area contributed by atoms with Crippen molar-refractivity contribution < 1.29 is 4.42 Å². The lowest BCUT2D eigenvalue weighted by atomic mass is 9.92. The third-order valence-corrected chi connectivity index (χ3v) is 5.65. The van der Waals surface area contributed by atoms with Gasteiger partial charge < -0.3 is 4.42 Å². The third-order valence-electron chi connectivity index (χ3n) is 5.65. The largest absolute Gasteiger partial charge is 0.443 e. The van der Waals surface area contributed by atoms with Crippen LogP contribution in [0.25, 0.3) is 39.3 Å². The van der Waals surface area contributed by atoms with E-state index in [1.54, 1.807) is 6.33 Å². The van der Waals surface area contributed by atoms with Gasteiger partial charge in [0.1, 0.15) is 11.8 Å². The molecular weight excluding hydrogens is 372 g/mol. The van der Waals surface area contributed by atoms with Crippen LogP contribution >= 0.6 is 0 Å². The highest BCUT2D eigenvalue weighted by atomic mass is 16.3. The van der Waals surface area contributed by atoms with Gasteiger partial charge in [-0.15, -0.1) is 10.2 Å². The lowest BCUT2D eigenvalue weighted by molar-refractivity contribution is 0.602. The lowest BCUT2D eigenvalue weighted by Crippen LogP contribution is -2.03. The Morgan fingerprint density at radius 3 is 2.27 bits per heavy atom. The van der Waals surface area contributed by atoms with Crippen LogP contribution in [0.5, 0.6) is 0 Å². The van der Waals surface area contributed by atoms with Crippen molar-refractivity contribution in [1.82, 2.24) is 19.7 Å². The molecule has 0 saturated carbocycles. The van der Waals surface area contributed by atoms with Gasteiger partial charge in [-0.1, -0.05) is 24.3 Å². The molecule has 2 heterocycles. The van der Waals surface area contributed by atoms with Crippen LogP contribution in [0.3, 0.4) is 0 Å². The Balaban J connectivity index is 1.69. The van der Waals surface area contributed by atoms with E-state index in [2.05, 4.69) is 73.2 Å². The summed E-state index contributed by atoms with van der Waals surface area (Å²) in [6.45, 7) is 8.61. The molecule has 0 radical (unpaired) electrons. The molecule has 0 unspecified atom stereocenters. The van der Waals surface area contributed by atoms with Crippen molar-refractivity contribution in [2.24, 2.45) is 0 Å². The van der Waals surface area contributed by atoms with Gasteiger partial charge in [-0.2, -0.15) is 0 Å². The van der Waals surface area contributed by atoms with Gasteiger partial charge >= 0.3 is 0 Å². The SMILES string of the molecule is Cc1cccc(C)c1-c1cc(C)c(-n2cnnc2-c2cccc3ocnc23)c(C)c1. The van der Waals surface area contributed by atoms with Crippen molar-refractivity contribution in [3.05, 3.63) is 83.5 Å². The summed E-state index contributed by atoms with van der Waals surface area (Å²) in [4.78, 5) is 4.38. The van der Waals surface area contributed by atoms with E-state index in [-0.39, 0.29) is 0 Å². The molecule has 0 aliphatic heterocycles. The molecule has 30 heavy (non-hydrogen) atoms. The first-order valence-electron chi connectivity index (χ1n) is 9.95. The quantitative estimate of drug-likeness (QED) is 0.378. The van der Waals surface area contributed by atoms with E-state index in [0.717, 1.165) is 28.2 Å². The lowest BCUT2D eigenvalue weighted by Gasteiger charge is -2.17. The number of nitrogens with zero attached hydrogens (tertiary/aromatic N) is 4. The second kappa shape index (κ2) is 6.95. The summed E-state index contributed by atoms with van der Waals surface area (Å²) in [6.07, 6.45) is 3.23. The van der Waals surface area contributed by atoms with Crippen LogP contribution in [0.15, 0.2) is 65.7 Å².